The Balaban J connectivity index is 2.26. The van der Waals surface area contributed by atoms with E-state index in [-0.39, 0.29) is 0 Å². The Hall–Kier alpha value is -1.15. The second-order valence-corrected chi connectivity index (χ2v) is 10.8. The molecule has 0 amide bonds. The van der Waals surface area contributed by atoms with Gasteiger partial charge in [0.15, 0.2) is 23.8 Å². The van der Waals surface area contributed by atoms with Gasteiger partial charge in [0, 0.05) is 0 Å². The predicted octanol–water partition coefficient (Wildman–Crippen LogP) is -0.0119. The molecule has 2 heterocycles. The van der Waals surface area contributed by atoms with Gasteiger partial charge in [0.2, 0.25) is 0 Å². The first kappa shape index (κ1) is 27.1. The molecule has 0 spiro atoms. The third-order valence-electron chi connectivity index (χ3n) is 3.68. The lowest BCUT2D eigenvalue weighted by Gasteiger charge is -2.26. The summed E-state index contributed by atoms with van der Waals surface area (Å²) < 4.78 is 78.1. The molecule has 1 aliphatic heterocycles. The summed E-state index contributed by atoms with van der Waals surface area (Å²) in [4.78, 5) is 49.3. The van der Waals surface area contributed by atoms with Crippen LogP contribution in [0.4, 0.5) is 8.78 Å². The molecule has 1 saturated heterocycles. The number of H-pyrrole nitrogens is 1. The van der Waals surface area contributed by atoms with Crippen LogP contribution < -0.4 is 5.69 Å². The number of ether oxygens (including phenoxy) is 1. The number of rotatable bonds is 8. The van der Waals surface area contributed by atoms with Crippen molar-refractivity contribution in [1.29, 1.82) is 0 Å². The van der Waals surface area contributed by atoms with Gasteiger partial charge in [-0.05, 0) is 0 Å². The van der Waals surface area contributed by atoms with E-state index in [1.165, 1.54) is 0 Å². The molecule has 6 atom stereocenters. The molecule has 0 saturated carbocycles. The summed E-state index contributed by atoms with van der Waals surface area (Å²) in [5.74, 6) is 0.554. The maximum atomic E-state index is 14.6. The molecule has 3 unspecified atom stereocenters. The van der Waals surface area contributed by atoms with Crippen molar-refractivity contribution in [2.24, 2.45) is 0 Å². The van der Waals surface area contributed by atoms with E-state index >= 15 is 0 Å². The highest BCUT2D eigenvalue weighted by Gasteiger charge is 2.57. The molecule has 0 aromatic carbocycles. The average Bonchev–Trinajstić information content (AvgIpc) is 2.85. The lowest BCUT2D eigenvalue weighted by Crippen LogP contribution is -2.44. The minimum absolute atomic E-state index is 0.308. The maximum Gasteiger partial charge on any atom is 0.490 e. The molecule has 1 aromatic heterocycles. The largest absolute Gasteiger partial charge is 0.490 e. The monoisotopic (exact) mass is 544 g/mol. The maximum absolute atomic E-state index is 14.6. The quantitative estimate of drug-likeness (QED) is 0.144. The standard InChI is InChI=1S/C11H13F2N2O13P3S/c1-2-11(4-25-30(21,22)28-31(23,24)27-29(18,19)20)7(16)6(13)9(26-11)15-3-5(12)8(32)14-10(15)17/h1,3,6-7,9,16H,4H2,(H,21,22)(H,23,24)(H,14,17,32)(H2,18,19,20)/t6?,7-,9-,11-/m1/s1. The zero-order valence-corrected chi connectivity index (χ0v) is 18.5. The number of aromatic amines is 1. The van der Waals surface area contributed by atoms with Gasteiger partial charge in [-0.3, -0.25) is 14.1 Å². The number of hydrogen-bond acceptors (Lipinski definition) is 10. The Bertz CT molecular complexity index is 1190. The first-order valence-corrected chi connectivity index (χ1v) is 12.6. The molecule has 21 heteroatoms. The third-order valence-corrected chi connectivity index (χ3v) is 7.76. The van der Waals surface area contributed by atoms with Crippen LogP contribution in [-0.2, 0) is 31.6 Å². The second-order valence-electron chi connectivity index (χ2n) is 5.94. The van der Waals surface area contributed by atoms with E-state index in [2.05, 4.69) is 25.4 Å². The molecular formula is C11H13F2N2O13P3S. The van der Waals surface area contributed by atoms with Gasteiger partial charge < -0.3 is 29.4 Å². The Labute approximate surface area is 181 Å². The summed E-state index contributed by atoms with van der Waals surface area (Å²) in [5, 5.41) is 10.1. The molecule has 1 aliphatic rings. The SMILES string of the molecule is C#C[C@]1(COP(=O)(O)OP(=O)(O)OP(=O)(O)O)O[C@@H](n2cc(F)c(=S)[nH]c2=O)C(F)[C@H]1O. The van der Waals surface area contributed by atoms with Gasteiger partial charge in [0.1, 0.15) is 17.4 Å². The number of alkyl halides is 1. The van der Waals surface area contributed by atoms with Gasteiger partial charge in [0.25, 0.3) is 0 Å². The van der Waals surface area contributed by atoms with Crippen molar-refractivity contribution in [2.45, 2.75) is 24.1 Å². The summed E-state index contributed by atoms with van der Waals surface area (Å²) in [6.45, 7) is -1.43. The number of phosphoric acid groups is 3. The van der Waals surface area contributed by atoms with Crippen LogP contribution in [0, 0.1) is 22.8 Å². The van der Waals surface area contributed by atoms with Crippen LogP contribution in [0.15, 0.2) is 11.0 Å². The molecule has 15 nitrogen and oxygen atoms in total. The Morgan fingerprint density at radius 2 is 1.88 bits per heavy atom. The fourth-order valence-corrected chi connectivity index (χ4v) is 5.57. The van der Waals surface area contributed by atoms with Crippen LogP contribution in [0.5, 0.6) is 0 Å². The smallest absolute Gasteiger partial charge is 0.386 e. The van der Waals surface area contributed by atoms with Gasteiger partial charge in [-0.1, -0.05) is 18.1 Å². The van der Waals surface area contributed by atoms with E-state index in [9.17, 15) is 37.3 Å². The number of hydrogen-bond donors (Lipinski definition) is 6. The first-order chi connectivity index (χ1) is 14.4. The lowest BCUT2D eigenvalue weighted by atomic mass is 9.98. The van der Waals surface area contributed by atoms with E-state index in [1.807, 2.05) is 4.98 Å². The van der Waals surface area contributed by atoms with Crippen LogP contribution in [0.3, 0.4) is 0 Å². The fraction of sp³-hybridized carbons (Fsp3) is 0.455. The molecule has 0 bridgehead atoms. The van der Waals surface area contributed by atoms with Crippen molar-refractivity contribution in [3.8, 4) is 12.3 Å². The first-order valence-electron chi connectivity index (χ1n) is 7.69. The van der Waals surface area contributed by atoms with E-state index in [4.69, 9.17) is 25.8 Å². The van der Waals surface area contributed by atoms with Crippen molar-refractivity contribution in [3.63, 3.8) is 0 Å². The van der Waals surface area contributed by atoms with Crippen LogP contribution in [0.25, 0.3) is 0 Å². The van der Waals surface area contributed by atoms with Crippen molar-refractivity contribution < 1.29 is 65.0 Å². The summed E-state index contributed by atoms with van der Waals surface area (Å²) in [5.41, 5.74) is -3.80. The highest BCUT2D eigenvalue weighted by Crippen LogP contribution is 2.66. The Kier molecular flexibility index (Phi) is 7.83. The van der Waals surface area contributed by atoms with E-state index in [1.54, 1.807) is 5.92 Å². The summed E-state index contributed by atoms with van der Waals surface area (Å²) in [7, 11) is -17.2. The number of nitrogens with zero attached hydrogens (tertiary/aromatic N) is 1. The van der Waals surface area contributed by atoms with Gasteiger partial charge in [-0.2, -0.15) is 8.62 Å². The highest BCUT2D eigenvalue weighted by atomic mass is 32.1. The molecule has 0 radical (unpaired) electrons. The molecule has 0 aliphatic carbocycles. The molecule has 1 aromatic rings. The zero-order valence-electron chi connectivity index (χ0n) is 15.0. The average molecular weight is 544 g/mol. The van der Waals surface area contributed by atoms with E-state index in [0.717, 1.165) is 0 Å². The van der Waals surface area contributed by atoms with Crippen LogP contribution in [-0.4, -0.2) is 58.7 Å². The number of halogens is 2. The van der Waals surface area contributed by atoms with Crippen molar-refractivity contribution in [1.82, 2.24) is 9.55 Å². The number of terminal acetylenes is 1. The highest BCUT2D eigenvalue weighted by molar-refractivity contribution is 7.71. The Morgan fingerprint density at radius 1 is 1.28 bits per heavy atom. The minimum atomic E-state index is -5.86. The number of aliphatic hydroxyl groups is 1. The summed E-state index contributed by atoms with van der Waals surface area (Å²) in [6, 6.07) is 0. The molecule has 180 valence electrons. The van der Waals surface area contributed by atoms with Crippen LogP contribution in [0.1, 0.15) is 6.23 Å². The topological polar surface area (TPSA) is 227 Å². The number of aliphatic hydroxyl groups excluding tert-OH is 1. The van der Waals surface area contributed by atoms with Gasteiger partial charge in [0.05, 0.1) is 6.20 Å². The van der Waals surface area contributed by atoms with Crippen molar-refractivity contribution in [2.75, 3.05) is 6.61 Å². The molecule has 2 rings (SSSR count). The number of phosphoric ester groups is 1. The van der Waals surface area contributed by atoms with E-state index < -0.39 is 70.3 Å². The third kappa shape index (κ3) is 6.25. The van der Waals surface area contributed by atoms with Gasteiger partial charge in [-0.15, -0.1) is 6.42 Å². The minimum Gasteiger partial charge on any atom is -0.386 e. The van der Waals surface area contributed by atoms with E-state index in [0.29, 0.717) is 10.8 Å². The normalized spacial score (nSPS) is 29.8. The van der Waals surface area contributed by atoms with Crippen molar-refractivity contribution in [3.05, 3.63) is 27.1 Å². The fourth-order valence-electron chi connectivity index (χ4n) is 2.38. The summed E-state index contributed by atoms with van der Waals surface area (Å²) in [6.07, 6.45) is -1.35. The van der Waals surface area contributed by atoms with Crippen LogP contribution >= 0.6 is 35.7 Å². The van der Waals surface area contributed by atoms with Crippen LogP contribution in [0.2, 0.25) is 0 Å². The number of nitrogens with one attached hydrogen (secondary N) is 1. The molecule has 1 fully saturated rings. The lowest BCUT2D eigenvalue weighted by molar-refractivity contribution is -0.0908. The van der Waals surface area contributed by atoms with Gasteiger partial charge in [-0.25, -0.2) is 27.3 Å². The Morgan fingerprint density at radius 3 is 2.41 bits per heavy atom. The molecule has 32 heavy (non-hydrogen) atoms. The number of aromatic nitrogens is 2. The predicted molar refractivity (Wildman–Crippen MR) is 98.3 cm³/mol. The second kappa shape index (κ2) is 9.24. The molecular weight excluding hydrogens is 531 g/mol. The van der Waals surface area contributed by atoms with Crippen molar-refractivity contribution >= 4 is 35.7 Å². The zero-order chi connectivity index (χ0) is 24.7. The summed E-state index contributed by atoms with van der Waals surface area (Å²) >= 11 is 4.50. The van der Waals surface area contributed by atoms with Gasteiger partial charge >= 0.3 is 29.2 Å². The molecule has 6 N–H and O–H groups in total.